The summed E-state index contributed by atoms with van der Waals surface area (Å²) in [6, 6.07) is 7.60. The molecule has 0 aliphatic heterocycles. The maximum absolute atomic E-state index is 12.2. The number of ether oxygens (including phenoxy) is 1. The Morgan fingerprint density at radius 1 is 1.32 bits per heavy atom. The van der Waals surface area contributed by atoms with E-state index in [-0.39, 0.29) is 6.09 Å². The Labute approximate surface area is 123 Å². The molecule has 0 fully saturated rings. The van der Waals surface area contributed by atoms with E-state index in [1.54, 1.807) is 4.90 Å². The highest BCUT2D eigenvalue weighted by molar-refractivity contribution is 9.10. The van der Waals surface area contributed by atoms with Crippen LogP contribution in [-0.4, -0.2) is 31.8 Å². The SMILES string of the molecule is CNCCN(C(=O)OC(C)(C)C)c1ccc(Br)cc1. The maximum atomic E-state index is 12.2. The van der Waals surface area contributed by atoms with Crippen molar-refractivity contribution in [2.24, 2.45) is 0 Å². The number of carbonyl (C=O) groups is 1. The van der Waals surface area contributed by atoms with Gasteiger partial charge in [0.05, 0.1) is 0 Å². The van der Waals surface area contributed by atoms with Gasteiger partial charge < -0.3 is 10.1 Å². The minimum absolute atomic E-state index is 0.329. The van der Waals surface area contributed by atoms with E-state index in [0.29, 0.717) is 13.1 Å². The highest BCUT2D eigenvalue weighted by atomic mass is 79.9. The van der Waals surface area contributed by atoms with Crippen LogP contribution in [-0.2, 0) is 4.74 Å². The minimum Gasteiger partial charge on any atom is -0.443 e. The molecule has 1 amide bonds. The lowest BCUT2D eigenvalue weighted by atomic mass is 10.2. The van der Waals surface area contributed by atoms with Gasteiger partial charge >= 0.3 is 6.09 Å². The topological polar surface area (TPSA) is 41.6 Å². The van der Waals surface area contributed by atoms with Gasteiger partial charge in [0.2, 0.25) is 0 Å². The molecule has 0 heterocycles. The lowest BCUT2D eigenvalue weighted by molar-refractivity contribution is 0.0581. The van der Waals surface area contributed by atoms with Crippen molar-refractivity contribution in [2.45, 2.75) is 26.4 Å². The number of rotatable bonds is 4. The van der Waals surface area contributed by atoms with Crippen LogP contribution >= 0.6 is 15.9 Å². The predicted molar refractivity (Wildman–Crippen MR) is 81.6 cm³/mol. The molecule has 0 radical (unpaired) electrons. The summed E-state index contributed by atoms with van der Waals surface area (Å²) in [5.41, 5.74) is 0.331. The van der Waals surface area contributed by atoms with Gasteiger partial charge in [0.25, 0.3) is 0 Å². The molecule has 0 spiro atoms. The molecule has 1 aromatic rings. The Balaban J connectivity index is 2.87. The lowest BCUT2D eigenvalue weighted by Crippen LogP contribution is -2.40. The third-order valence-corrected chi connectivity index (χ3v) is 2.87. The van der Waals surface area contributed by atoms with Crippen molar-refractivity contribution in [2.75, 3.05) is 25.0 Å². The van der Waals surface area contributed by atoms with E-state index in [1.807, 2.05) is 52.1 Å². The van der Waals surface area contributed by atoms with Gasteiger partial charge in [0.1, 0.15) is 5.60 Å². The fourth-order valence-corrected chi connectivity index (χ4v) is 1.75. The summed E-state index contributed by atoms with van der Waals surface area (Å²) in [6.07, 6.45) is -0.329. The molecule has 0 unspecified atom stereocenters. The second-order valence-corrected chi connectivity index (χ2v) is 6.13. The van der Waals surface area contributed by atoms with Crippen molar-refractivity contribution in [1.29, 1.82) is 0 Å². The number of nitrogens with zero attached hydrogens (tertiary/aromatic N) is 1. The van der Waals surface area contributed by atoms with Gasteiger partial charge in [-0.2, -0.15) is 0 Å². The summed E-state index contributed by atoms with van der Waals surface area (Å²) >= 11 is 3.39. The fraction of sp³-hybridized carbons (Fsp3) is 0.500. The second kappa shape index (κ2) is 6.91. The predicted octanol–water partition coefficient (Wildman–Crippen LogP) is 3.41. The molecule has 1 rings (SSSR count). The normalized spacial score (nSPS) is 11.2. The van der Waals surface area contributed by atoms with Crippen molar-refractivity contribution in [3.8, 4) is 0 Å². The van der Waals surface area contributed by atoms with Crippen molar-refractivity contribution in [1.82, 2.24) is 5.32 Å². The van der Waals surface area contributed by atoms with Crippen LogP contribution in [0.1, 0.15) is 20.8 Å². The molecule has 19 heavy (non-hydrogen) atoms. The molecule has 4 nitrogen and oxygen atoms in total. The summed E-state index contributed by atoms with van der Waals surface area (Å²) in [5.74, 6) is 0. The smallest absolute Gasteiger partial charge is 0.414 e. The van der Waals surface area contributed by atoms with Crippen LogP contribution in [0.2, 0.25) is 0 Å². The van der Waals surface area contributed by atoms with Crippen LogP contribution in [0.25, 0.3) is 0 Å². The van der Waals surface area contributed by atoms with E-state index >= 15 is 0 Å². The molecule has 0 aromatic heterocycles. The van der Waals surface area contributed by atoms with Crippen molar-refractivity contribution < 1.29 is 9.53 Å². The van der Waals surface area contributed by atoms with E-state index in [9.17, 15) is 4.79 Å². The van der Waals surface area contributed by atoms with E-state index in [1.165, 1.54) is 0 Å². The zero-order chi connectivity index (χ0) is 14.5. The number of hydrogen-bond acceptors (Lipinski definition) is 3. The molecule has 0 aliphatic rings. The Morgan fingerprint density at radius 2 is 1.89 bits per heavy atom. The van der Waals surface area contributed by atoms with Crippen LogP contribution in [0.3, 0.4) is 0 Å². The number of nitrogens with one attached hydrogen (secondary N) is 1. The molecular formula is C14H21BrN2O2. The number of benzene rings is 1. The van der Waals surface area contributed by atoms with Crippen molar-refractivity contribution >= 4 is 27.7 Å². The van der Waals surface area contributed by atoms with E-state index in [2.05, 4.69) is 21.2 Å². The van der Waals surface area contributed by atoms with Crippen molar-refractivity contribution in [3.63, 3.8) is 0 Å². The van der Waals surface area contributed by atoms with E-state index in [0.717, 1.165) is 10.2 Å². The largest absolute Gasteiger partial charge is 0.443 e. The number of amides is 1. The first-order valence-electron chi connectivity index (χ1n) is 6.24. The summed E-state index contributed by atoms with van der Waals surface area (Å²) < 4.78 is 6.41. The highest BCUT2D eigenvalue weighted by Crippen LogP contribution is 2.20. The molecular weight excluding hydrogens is 308 g/mol. The molecule has 5 heteroatoms. The average molecular weight is 329 g/mol. The monoisotopic (exact) mass is 328 g/mol. The summed E-state index contributed by atoms with van der Waals surface area (Å²) in [7, 11) is 1.86. The highest BCUT2D eigenvalue weighted by Gasteiger charge is 2.22. The first kappa shape index (κ1) is 16.0. The fourth-order valence-electron chi connectivity index (χ4n) is 1.49. The zero-order valence-electron chi connectivity index (χ0n) is 11.9. The van der Waals surface area contributed by atoms with E-state index in [4.69, 9.17) is 4.74 Å². The number of likely N-dealkylation sites (N-methyl/N-ethyl adjacent to an activating group) is 1. The van der Waals surface area contributed by atoms with Gasteiger partial charge in [-0.15, -0.1) is 0 Å². The number of hydrogen-bond donors (Lipinski definition) is 1. The Kier molecular flexibility index (Phi) is 5.82. The summed E-state index contributed by atoms with van der Waals surface area (Å²) in [5, 5.41) is 3.04. The van der Waals surface area contributed by atoms with E-state index < -0.39 is 5.60 Å². The molecule has 106 valence electrons. The Bertz CT molecular complexity index is 412. The van der Waals surface area contributed by atoms with Crippen LogP contribution in [0.4, 0.5) is 10.5 Å². The number of halogens is 1. The Hall–Kier alpha value is -1.07. The van der Waals surface area contributed by atoms with Gasteiger partial charge in [-0.25, -0.2) is 4.79 Å². The molecule has 1 N–H and O–H groups in total. The average Bonchev–Trinajstić information content (AvgIpc) is 2.29. The third-order valence-electron chi connectivity index (χ3n) is 2.34. The molecule has 0 saturated heterocycles. The molecule has 1 aromatic carbocycles. The molecule has 0 atom stereocenters. The van der Waals surface area contributed by atoms with Crippen LogP contribution in [0.5, 0.6) is 0 Å². The number of anilines is 1. The quantitative estimate of drug-likeness (QED) is 0.920. The van der Waals surface area contributed by atoms with Crippen LogP contribution < -0.4 is 10.2 Å². The van der Waals surface area contributed by atoms with Crippen molar-refractivity contribution in [3.05, 3.63) is 28.7 Å². The second-order valence-electron chi connectivity index (χ2n) is 5.21. The molecule has 0 bridgehead atoms. The minimum atomic E-state index is -0.496. The standard InChI is InChI=1S/C14H21BrN2O2/c1-14(2,3)19-13(18)17(10-9-16-4)12-7-5-11(15)6-8-12/h5-8,16H,9-10H2,1-4H3. The zero-order valence-corrected chi connectivity index (χ0v) is 13.5. The van der Waals surface area contributed by atoms with Gasteiger partial charge in [-0.05, 0) is 52.1 Å². The number of carbonyl (C=O) groups excluding carboxylic acids is 1. The maximum Gasteiger partial charge on any atom is 0.414 e. The van der Waals surface area contributed by atoms with Gasteiger partial charge in [-0.3, -0.25) is 4.90 Å². The van der Waals surface area contributed by atoms with Gasteiger partial charge in [0, 0.05) is 23.2 Å². The Morgan fingerprint density at radius 3 is 2.37 bits per heavy atom. The first-order chi connectivity index (χ1) is 8.83. The van der Waals surface area contributed by atoms with Gasteiger partial charge in [-0.1, -0.05) is 15.9 Å². The molecule has 0 saturated carbocycles. The summed E-state index contributed by atoms with van der Waals surface area (Å²) in [4.78, 5) is 13.8. The van der Waals surface area contributed by atoms with Gasteiger partial charge in [0.15, 0.2) is 0 Å². The third kappa shape index (κ3) is 5.61. The summed E-state index contributed by atoms with van der Waals surface area (Å²) in [6.45, 7) is 6.86. The van der Waals surface area contributed by atoms with Crippen LogP contribution in [0, 0.1) is 0 Å². The first-order valence-corrected chi connectivity index (χ1v) is 7.03. The lowest BCUT2D eigenvalue weighted by Gasteiger charge is -2.27. The van der Waals surface area contributed by atoms with Crippen LogP contribution in [0.15, 0.2) is 28.7 Å². The molecule has 0 aliphatic carbocycles.